The highest BCUT2D eigenvalue weighted by Crippen LogP contribution is 2.22. The number of halogens is 1. The van der Waals surface area contributed by atoms with Crippen LogP contribution >= 0.6 is 0 Å². The third kappa shape index (κ3) is 4.43. The summed E-state index contributed by atoms with van der Waals surface area (Å²) in [5, 5.41) is 10.1. The summed E-state index contributed by atoms with van der Waals surface area (Å²) < 4.78 is 46.4. The molecule has 0 atom stereocenters. The molecule has 0 amide bonds. The van der Waals surface area contributed by atoms with E-state index < -0.39 is 15.9 Å². The number of hydrogen-bond donors (Lipinski definition) is 2. The van der Waals surface area contributed by atoms with E-state index in [1.54, 1.807) is 19.1 Å². The molecule has 0 saturated heterocycles. The van der Waals surface area contributed by atoms with Crippen LogP contribution in [0.25, 0.3) is 11.0 Å². The van der Waals surface area contributed by atoms with Crippen molar-refractivity contribution in [2.45, 2.75) is 18.7 Å². The first-order chi connectivity index (χ1) is 11.6. The fourth-order valence-electron chi connectivity index (χ4n) is 2.04. The summed E-state index contributed by atoms with van der Waals surface area (Å²) >= 11 is 0. The van der Waals surface area contributed by atoms with Crippen molar-refractivity contribution >= 4 is 21.1 Å². The third-order valence-electron chi connectivity index (χ3n) is 3.55. The van der Waals surface area contributed by atoms with E-state index in [-0.39, 0.29) is 16.3 Å². The first-order valence-corrected chi connectivity index (χ1v) is 8.49. The maximum Gasteiger partial charge on any atom is 0.339 e. The first kappa shape index (κ1) is 18.6. The van der Waals surface area contributed by atoms with Crippen molar-refractivity contribution in [1.82, 2.24) is 0 Å². The van der Waals surface area contributed by atoms with Crippen LogP contribution in [0.4, 0.5) is 4.39 Å². The maximum atomic E-state index is 12.2. The number of aromatic hydroxyl groups is 1. The Kier molecular flexibility index (Phi) is 5.24. The number of phenols is 1. The van der Waals surface area contributed by atoms with Gasteiger partial charge in [0.25, 0.3) is 10.1 Å². The van der Waals surface area contributed by atoms with Crippen molar-refractivity contribution < 1.29 is 26.9 Å². The van der Waals surface area contributed by atoms with Gasteiger partial charge in [-0.3, -0.25) is 4.55 Å². The number of hydrogen-bond acceptors (Lipinski definition) is 5. The lowest BCUT2D eigenvalue weighted by atomic mass is 10.1. The summed E-state index contributed by atoms with van der Waals surface area (Å²) in [4.78, 5) is 11.0. The topological polar surface area (TPSA) is 105 Å². The Bertz CT molecular complexity index is 1070. The molecule has 0 aliphatic rings. The fourth-order valence-corrected chi connectivity index (χ4v) is 2.52. The molecule has 0 radical (unpaired) electrons. The zero-order chi connectivity index (χ0) is 18.8. The average molecular weight is 366 g/mol. The molecule has 8 heteroatoms. The molecule has 1 aromatic heterocycles. The number of aryl methyl sites for hydroxylation is 1. The minimum atomic E-state index is -4.19. The van der Waals surface area contributed by atoms with Crippen molar-refractivity contribution in [2.24, 2.45) is 0 Å². The quantitative estimate of drug-likeness (QED) is 0.506. The van der Waals surface area contributed by atoms with Gasteiger partial charge in [0.15, 0.2) is 0 Å². The van der Waals surface area contributed by atoms with Gasteiger partial charge in [0.2, 0.25) is 0 Å². The number of phenolic OH excluding ortho intramolecular Hbond substituents is 1. The predicted octanol–water partition coefficient (Wildman–Crippen LogP) is 3.19. The van der Waals surface area contributed by atoms with E-state index in [1.165, 1.54) is 6.07 Å². The molecule has 2 N–H and O–H groups in total. The Hall–Kier alpha value is -2.71. The third-order valence-corrected chi connectivity index (χ3v) is 4.42. The lowest BCUT2D eigenvalue weighted by molar-refractivity contribution is 0.472. The van der Waals surface area contributed by atoms with Crippen molar-refractivity contribution in [2.75, 3.05) is 0 Å². The fraction of sp³-hybridized carbons (Fsp3) is 0.118. The normalized spacial score (nSPS) is 11.0. The standard InChI is InChI=1S/C11H10O3.C6H5FO3S/c1-6-7(2)11(13)14-10-5-8(12)3-4-9(6)10;7-5-1-3-6(4-2-5)11(8,9)10/h3-5,12H,1-2H3;1-4H,(H,8,9,10). The maximum absolute atomic E-state index is 12.2. The lowest BCUT2D eigenvalue weighted by Crippen LogP contribution is -2.05. The molecule has 25 heavy (non-hydrogen) atoms. The Labute approximate surface area is 142 Å². The molecule has 2 aromatic carbocycles. The SMILES string of the molecule is Cc1c(C)c2ccc(O)cc2oc1=O.O=S(=O)(O)c1ccc(F)cc1. The summed E-state index contributed by atoms with van der Waals surface area (Å²) in [5.74, 6) is -0.443. The molecular weight excluding hydrogens is 351 g/mol. The molecule has 1 heterocycles. The van der Waals surface area contributed by atoms with Crippen LogP contribution in [-0.4, -0.2) is 18.1 Å². The average Bonchev–Trinajstić information content (AvgIpc) is 2.53. The Morgan fingerprint density at radius 2 is 1.60 bits per heavy atom. The van der Waals surface area contributed by atoms with Gasteiger partial charge in [-0.2, -0.15) is 8.42 Å². The molecule has 0 unspecified atom stereocenters. The summed E-state index contributed by atoms with van der Waals surface area (Å²) in [6.45, 7) is 3.60. The van der Waals surface area contributed by atoms with Gasteiger partial charge in [-0.05, 0) is 55.8 Å². The lowest BCUT2D eigenvalue weighted by Gasteiger charge is -2.03. The van der Waals surface area contributed by atoms with Crippen LogP contribution in [0.2, 0.25) is 0 Å². The Morgan fingerprint density at radius 1 is 1.00 bits per heavy atom. The minimum absolute atomic E-state index is 0.101. The van der Waals surface area contributed by atoms with Crippen molar-refractivity contribution in [3.8, 4) is 5.75 Å². The molecule has 3 aromatic rings. The molecule has 0 bridgehead atoms. The molecule has 3 rings (SSSR count). The number of fused-ring (bicyclic) bond motifs is 1. The van der Waals surface area contributed by atoms with Crippen LogP contribution < -0.4 is 5.63 Å². The molecule has 6 nitrogen and oxygen atoms in total. The van der Waals surface area contributed by atoms with Crippen LogP contribution in [0.3, 0.4) is 0 Å². The van der Waals surface area contributed by atoms with Crippen LogP contribution in [0.5, 0.6) is 5.75 Å². The second-order valence-electron chi connectivity index (χ2n) is 5.25. The van der Waals surface area contributed by atoms with E-state index in [1.807, 2.05) is 6.92 Å². The molecule has 0 aliphatic carbocycles. The van der Waals surface area contributed by atoms with Crippen LogP contribution in [0, 0.1) is 19.7 Å². The molecule has 132 valence electrons. The highest BCUT2D eigenvalue weighted by atomic mass is 32.2. The van der Waals surface area contributed by atoms with Crippen LogP contribution in [0.1, 0.15) is 11.1 Å². The number of rotatable bonds is 1. The Balaban J connectivity index is 0.000000186. The highest BCUT2D eigenvalue weighted by Gasteiger charge is 2.08. The van der Waals surface area contributed by atoms with E-state index in [4.69, 9.17) is 8.97 Å². The minimum Gasteiger partial charge on any atom is -0.508 e. The van der Waals surface area contributed by atoms with Gasteiger partial charge >= 0.3 is 5.63 Å². The van der Waals surface area contributed by atoms with Gasteiger partial charge in [-0.1, -0.05) is 0 Å². The smallest absolute Gasteiger partial charge is 0.339 e. The Morgan fingerprint density at radius 3 is 2.16 bits per heavy atom. The van der Waals surface area contributed by atoms with Crippen molar-refractivity contribution in [3.05, 3.63) is 69.8 Å². The summed E-state index contributed by atoms with van der Waals surface area (Å²) in [6, 6.07) is 8.68. The molecule has 0 fully saturated rings. The summed E-state index contributed by atoms with van der Waals surface area (Å²) in [6.07, 6.45) is 0. The molecular formula is C17H15FO6S. The first-order valence-electron chi connectivity index (χ1n) is 7.05. The second kappa shape index (κ2) is 7.04. The van der Waals surface area contributed by atoms with Gasteiger partial charge in [0, 0.05) is 17.0 Å². The van der Waals surface area contributed by atoms with E-state index in [2.05, 4.69) is 0 Å². The summed E-state index contributed by atoms with van der Waals surface area (Å²) in [5.41, 5.74) is 1.60. The summed E-state index contributed by atoms with van der Waals surface area (Å²) in [7, 11) is -4.19. The van der Waals surface area contributed by atoms with Gasteiger partial charge in [-0.25, -0.2) is 9.18 Å². The van der Waals surface area contributed by atoms with Gasteiger partial charge in [0.1, 0.15) is 17.1 Å². The van der Waals surface area contributed by atoms with Crippen LogP contribution in [-0.2, 0) is 10.1 Å². The predicted molar refractivity (Wildman–Crippen MR) is 89.8 cm³/mol. The van der Waals surface area contributed by atoms with E-state index in [9.17, 15) is 22.7 Å². The van der Waals surface area contributed by atoms with Crippen molar-refractivity contribution in [3.63, 3.8) is 0 Å². The zero-order valence-corrected chi connectivity index (χ0v) is 14.2. The van der Waals surface area contributed by atoms with E-state index in [0.717, 1.165) is 35.2 Å². The van der Waals surface area contributed by atoms with Gasteiger partial charge in [-0.15, -0.1) is 0 Å². The van der Waals surface area contributed by atoms with E-state index in [0.29, 0.717) is 11.1 Å². The zero-order valence-electron chi connectivity index (χ0n) is 13.4. The second-order valence-corrected chi connectivity index (χ2v) is 6.67. The van der Waals surface area contributed by atoms with Gasteiger partial charge in [0.05, 0.1) is 4.90 Å². The molecule has 0 saturated carbocycles. The van der Waals surface area contributed by atoms with E-state index >= 15 is 0 Å². The largest absolute Gasteiger partial charge is 0.508 e. The van der Waals surface area contributed by atoms with Crippen LogP contribution in [0.15, 0.2) is 56.6 Å². The monoisotopic (exact) mass is 366 g/mol. The molecule has 0 aliphatic heterocycles. The molecule has 0 spiro atoms. The highest BCUT2D eigenvalue weighted by molar-refractivity contribution is 7.85. The number of benzene rings is 2. The van der Waals surface area contributed by atoms with Gasteiger partial charge < -0.3 is 9.52 Å². The van der Waals surface area contributed by atoms with Crippen molar-refractivity contribution in [1.29, 1.82) is 0 Å².